The molecular weight excluding hydrogens is 242 g/mol. The van der Waals surface area contributed by atoms with E-state index in [1.807, 2.05) is 24.4 Å². The van der Waals surface area contributed by atoms with E-state index in [1.165, 1.54) is 0 Å². The predicted octanol–water partition coefficient (Wildman–Crippen LogP) is 1.64. The van der Waals surface area contributed by atoms with E-state index in [1.54, 1.807) is 13.0 Å². The molecule has 0 aliphatic rings. The summed E-state index contributed by atoms with van der Waals surface area (Å²) in [5.41, 5.74) is 6.50. The Hall–Kier alpha value is -1.75. The molecule has 1 atom stereocenters. The first-order chi connectivity index (χ1) is 7.90. The minimum atomic E-state index is -0.876. The van der Waals surface area contributed by atoms with Gasteiger partial charge in [-0.25, -0.2) is 4.79 Å². The summed E-state index contributed by atoms with van der Waals surface area (Å²) in [4.78, 5) is 22.0. The van der Waals surface area contributed by atoms with Gasteiger partial charge in [0.05, 0.1) is 10.7 Å². The number of carbonyl (C=O) groups excluding carboxylic acids is 2. The van der Waals surface area contributed by atoms with Gasteiger partial charge in [0.1, 0.15) is 6.04 Å². The number of carbonyl (C=O) groups is 2. The van der Waals surface area contributed by atoms with E-state index in [0.717, 1.165) is 5.56 Å². The Morgan fingerprint density at radius 3 is 2.65 bits per heavy atom. The minimum Gasteiger partial charge on any atom is -0.373 e. The van der Waals surface area contributed by atoms with E-state index in [-0.39, 0.29) is 0 Å². The van der Waals surface area contributed by atoms with Gasteiger partial charge in [-0.05, 0) is 31.5 Å². The highest BCUT2D eigenvalue weighted by Crippen LogP contribution is 2.23. The van der Waals surface area contributed by atoms with Crippen LogP contribution in [0.2, 0.25) is 5.02 Å². The molecule has 0 heterocycles. The molecule has 1 rings (SSSR count). The van der Waals surface area contributed by atoms with Gasteiger partial charge in [0.2, 0.25) is 5.91 Å². The van der Waals surface area contributed by atoms with Crippen molar-refractivity contribution in [2.24, 2.45) is 5.73 Å². The van der Waals surface area contributed by atoms with Crippen LogP contribution in [0.5, 0.6) is 0 Å². The summed E-state index contributed by atoms with van der Waals surface area (Å²) in [5, 5.41) is 5.40. The van der Waals surface area contributed by atoms with Crippen molar-refractivity contribution in [3.8, 4) is 0 Å². The Balaban J connectivity index is 2.73. The fourth-order valence-corrected chi connectivity index (χ4v) is 1.45. The van der Waals surface area contributed by atoms with Crippen molar-refractivity contribution in [2.45, 2.75) is 19.9 Å². The second-order valence-corrected chi connectivity index (χ2v) is 4.11. The lowest BCUT2D eigenvalue weighted by atomic mass is 10.2. The number of primary amides is 1. The van der Waals surface area contributed by atoms with Crippen LogP contribution >= 0.6 is 11.6 Å². The fourth-order valence-electron chi connectivity index (χ4n) is 1.28. The summed E-state index contributed by atoms with van der Waals surface area (Å²) in [6.07, 6.45) is 0. The van der Waals surface area contributed by atoms with Crippen molar-refractivity contribution in [1.82, 2.24) is 5.32 Å². The molecule has 4 N–H and O–H groups in total. The average Bonchev–Trinajstić information content (AvgIpc) is 2.22. The standard InChI is InChI=1S/C11H14ClN3O2/c1-6-3-4-8(12)9(5-6)14-7(2)10(16)15-11(13)17/h3-5,7,14H,1-2H3,(H3,13,15,16,17). The van der Waals surface area contributed by atoms with E-state index in [4.69, 9.17) is 17.3 Å². The number of nitrogens with one attached hydrogen (secondary N) is 2. The molecule has 0 saturated heterocycles. The number of halogens is 1. The Kier molecular flexibility index (Phi) is 4.34. The third kappa shape index (κ3) is 3.96. The molecule has 1 unspecified atom stereocenters. The third-order valence-corrected chi connectivity index (χ3v) is 2.46. The van der Waals surface area contributed by atoms with Gasteiger partial charge in [-0.2, -0.15) is 0 Å². The van der Waals surface area contributed by atoms with Crippen LogP contribution < -0.4 is 16.4 Å². The molecule has 1 aromatic rings. The SMILES string of the molecule is Cc1ccc(Cl)c(NC(C)C(=O)NC(N)=O)c1. The first-order valence-electron chi connectivity index (χ1n) is 5.03. The summed E-state index contributed by atoms with van der Waals surface area (Å²) in [6, 6.07) is 3.93. The van der Waals surface area contributed by atoms with Crippen molar-refractivity contribution in [2.75, 3.05) is 5.32 Å². The molecule has 92 valence electrons. The van der Waals surface area contributed by atoms with Crippen LogP contribution in [0.3, 0.4) is 0 Å². The molecule has 0 aromatic heterocycles. The smallest absolute Gasteiger partial charge is 0.318 e. The number of rotatable bonds is 3. The maximum atomic E-state index is 11.4. The van der Waals surface area contributed by atoms with Gasteiger partial charge in [0.15, 0.2) is 0 Å². The minimum absolute atomic E-state index is 0.505. The molecule has 0 spiro atoms. The first-order valence-corrected chi connectivity index (χ1v) is 5.41. The van der Waals surface area contributed by atoms with Crippen LogP contribution in [0.15, 0.2) is 18.2 Å². The number of benzene rings is 1. The number of nitrogens with two attached hydrogens (primary N) is 1. The number of hydrogen-bond donors (Lipinski definition) is 3. The van der Waals surface area contributed by atoms with Crippen LogP contribution in [0.4, 0.5) is 10.5 Å². The Morgan fingerprint density at radius 1 is 1.41 bits per heavy atom. The van der Waals surface area contributed by atoms with E-state index < -0.39 is 18.0 Å². The molecule has 1 aromatic carbocycles. The van der Waals surface area contributed by atoms with Crippen LogP contribution in [-0.2, 0) is 4.79 Å². The van der Waals surface area contributed by atoms with Crippen LogP contribution in [0.25, 0.3) is 0 Å². The molecule has 0 radical (unpaired) electrons. The maximum Gasteiger partial charge on any atom is 0.318 e. The van der Waals surface area contributed by atoms with Crippen molar-refractivity contribution in [1.29, 1.82) is 0 Å². The summed E-state index contributed by atoms with van der Waals surface area (Å²) < 4.78 is 0. The van der Waals surface area contributed by atoms with Crippen molar-refractivity contribution in [3.05, 3.63) is 28.8 Å². The van der Waals surface area contributed by atoms with Crippen molar-refractivity contribution >= 4 is 29.2 Å². The van der Waals surface area contributed by atoms with Gasteiger partial charge in [0.25, 0.3) is 0 Å². The van der Waals surface area contributed by atoms with Gasteiger partial charge < -0.3 is 11.1 Å². The van der Waals surface area contributed by atoms with E-state index in [2.05, 4.69) is 5.32 Å². The number of urea groups is 1. The molecule has 0 bridgehead atoms. The van der Waals surface area contributed by atoms with Gasteiger partial charge in [-0.1, -0.05) is 17.7 Å². The zero-order valence-corrected chi connectivity index (χ0v) is 10.3. The number of amides is 3. The van der Waals surface area contributed by atoms with E-state index in [0.29, 0.717) is 10.7 Å². The summed E-state index contributed by atoms with van der Waals surface area (Å²) in [6.45, 7) is 3.52. The summed E-state index contributed by atoms with van der Waals surface area (Å²) in [7, 11) is 0. The number of imide groups is 1. The van der Waals surface area contributed by atoms with Crippen LogP contribution in [0, 0.1) is 6.92 Å². The molecule has 3 amide bonds. The van der Waals surface area contributed by atoms with Gasteiger partial charge in [-0.15, -0.1) is 0 Å². The van der Waals surface area contributed by atoms with Gasteiger partial charge in [-0.3, -0.25) is 10.1 Å². The molecular formula is C11H14ClN3O2. The Bertz CT molecular complexity index is 448. The lowest BCUT2D eigenvalue weighted by molar-refractivity contribution is -0.120. The molecule has 0 fully saturated rings. The zero-order chi connectivity index (χ0) is 13.0. The van der Waals surface area contributed by atoms with Crippen LogP contribution in [0.1, 0.15) is 12.5 Å². The van der Waals surface area contributed by atoms with Gasteiger partial charge >= 0.3 is 6.03 Å². The lowest BCUT2D eigenvalue weighted by Crippen LogP contribution is -2.43. The topological polar surface area (TPSA) is 84.2 Å². The predicted molar refractivity (Wildman–Crippen MR) is 67.0 cm³/mol. The van der Waals surface area contributed by atoms with Gasteiger partial charge in [0, 0.05) is 0 Å². The molecule has 5 nitrogen and oxygen atoms in total. The largest absolute Gasteiger partial charge is 0.373 e. The summed E-state index contributed by atoms with van der Waals surface area (Å²) >= 11 is 5.96. The second-order valence-electron chi connectivity index (χ2n) is 3.70. The first kappa shape index (κ1) is 13.3. The third-order valence-electron chi connectivity index (χ3n) is 2.13. The average molecular weight is 256 g/mol. The second kappa shape index (κ2) is 5.54. The Labute approximate surface area is 104 Å². The van der Waals surface area contributed by atoms with Crippen LogP contribution in [-0.4, -0.2) is 18.0 Å². The normalized spacial score (nSPS) is 11.7. The molecule has 17 heavy (non-hydrogen) atoms. The summed E-state index contributed by atoms with van der Waals surface area (Å²) in [5.74, 6) is -0.505. The highest BCUT2D eigenvalue weighted by atomic mass is 35.5. The molecule has 0 aliphatic carbocycles. The number of aryl methyl sites for hydroxylation is 1. The Morgan fingerprint density at radius 2 is 2.06 bits per heavy atom. The quantitative estimate of drug-likeness (QED) is 0.768. The van der Waals surface area contributed by atoms with Crippen molar-refractivity contribution < 1.29 is 9.59 Å². The van der Waals surface area contributed by atoms with E-state index in [9.17, 15) is 9.59 Å². The number of hydrogen-bond acceptors (Lipinski definition) is 3. The fraction of sp³-hybridized carbons (Fsp3) is 0.273. The van der Waals surface area contributed by atoms with Crippen molar-refractivity contribution in [3.63, 3.8) is 0 Å². The number of anilines is 1. The highest BCUT2D eigenvalue weighted by Gasteiger charge is 2.15. The molecule has 0 saturated carbocycles. The monoisotopic (exact) mass is 255 g/mol. The zero-order valence-electron chi connectivity index (χ0n) is 9.58. The maximum absolute atomic E-state index is 11.4. The highest BCUT2D eigenvalue weighted by molar-refractivity contribution is 6.33. The molecule has 0 aliphatic heterocycles. The lowest BCUT2D eigenvalue weighted by Gasteiger charge is -2.15. The molecule has 6 heteroatoms. The van der Waals surface area contributed by atoms with E-state index >= 15 is 0 Å².